The van der Waals surface area contributed by atoms with Crippen molar-refractivity contribution in [2.24, 2.45) is 0 Å². The first-order chi connectivity index (χ1) is 12.0. The zero-order chi connectivity index (χ0) is 19.3. The van der Waals surface area contributed by atoms with Gasteiger partial charge in [0.2, 0.25) is 0 Å². The second kappa shape index (κ2) is 6.56. The third kappa shape index (κ3) is 3.62. The van der Waals surface area contributed by atoms with E-state index in [1.54, 1.807) is 0 Å². The molecule has 2 aliphatic heterocycles. The van der Waals surface area contributed by atoms with Gasteiger partial charge in [0.1, 0.15) is 5.60 Å². The van der Waals surface area contributed by atoms with E-state index in [0.29, 0.717) is 12.8 Å². The fourth-order valence-electron chi connectivity index (χ4n) is 4.72. The van der Waals surface area contributed by atoms with Crippen molar-refractivity contribution in [3.8, 4) is 0 Å². The molecule has 2 fully saturated rings. The number of hydrogen-bond donors (Lipinski definition) is 1. The van der Waals surface area contributed by atoms with Crippen molar-refractivity contribution in [1.29, 1.82) is 0 Å². The molecule has 0 aromatic heterocycles. The van der Waals surface area contributed by atoms with Crippen molar-refractivity contribution in [1.82, 2.24) is 4.90 Å². The summed E-state index contributed by atoms with van der Waals surface area (Å²) in [5.41, 5.74) is 3.27. The van der Waals surface area contributed by atoms with Gasteiger partial charge < -0.3 is 14.7 Å². The first kappa shape index (κ1) is 19.2. The molecular formula is C22H33NO3. The van der Waals surface area contributed by atoms with Crippen molar-refractivity contribution in [3.05, 3.63) is 34.4 Å². The van der Waals surface area contributed by atoms with Crippen LogP contribution in [0.3, 0.4) is 0 Å². The lowest BCUT2D eigenvalue weighted by Gasteiger charge is -2.52. The van der Waals surface area contributed by atoms with Crippen LogP contribution in [-0.2, 0) is 10.3 Å². The molecule has 2 aliphatic rings. The molecule has 4 nitrogen and oxygen atoms in total. The van der Waals surface area contributed by atoms with Crippen molar-refractivity contribution in [2.75, 3.05) is 0 Å². The van der Waals surface area contributed by atoms with Crippen LogP contribution < -0.4 is 0 Å². The van der Waals surface area contributed by atoms with Gasteiger partial charge in [-0.1, -0.05) is 12.1 Å². The number of hydrogen-bond acceptors (Lipinski definition) is 3. The Labute approximate surface area is 157 Å². The number of fused-ring (bicyclic) bond motifs is 2. The zero-order valence-corrected chi connectivity index (χ0v) is 17.1. The van der Waals surface area contributed by atoms with E-state index in [2.05, 4.69) is 32.9 Å². The molecule has 2 atom stereocenters. The summed E-state index contributed by atoms with van der Waals surface area (Å²) in [7, 11) is 0. The van der Waals surface area contributed by atoms with Gasteiger partial charge in [-0.15, -0.1) is 0 Å². The van der Waals surface area contributed by atoms with Crippen molar-refractivity contribution in [2.45, 2.75) is 96.9 Å². The van der Waals surface area contributed by atoms with E-state index >= 15 is 0 Å². The Kier molecular flexibility index (Phi) is 4.85. The van der Waals surface area contributed by atoms with Gasteiger partial charge >= 0.3 is 6.09 Å². The van der Waals surface area contributed by atoms with Crippen LogP contribution in [0.4, 0.5) is 4.79 Å². The van der Waals surface area contributed by atoms with Crippen molar-refractivity contribution in [3.63, 3.8) is 0 Å². The SMILES string of the molecule is Cc1cc(C)c(C2(O)CC3CCCC(C2)N3C(=O)OC(C)(C)C)cc1C. The minimum Gasteiger partial charge on any atom is -0.444 e. The maximum atomic E-state index is 12.8. The van der Waals surface area contributed by atoms with E-state index in [-0.39, 0.29) is 18.2 Å². The van der Waals surface area contributed by atoms with Crippen LogP contribution in [0.15, 0.2) is 12.1 Å². The maximum Gasteiger partial charge on any atom is 0.410 e. The number of aliphatic hydroxyl groups is 1. The molecule has 1 aromatic carbocycles. The molecule has 1 N–H and O–H groups in total. The predicted molar refractivity (Wildman–Crippen MR) is 103 cm³/mol. The summed E-state index contributed by atoms with van der Waals surface area (Å²) in [5, 5.41) is 11.6. The molecule has 2 bridgehead atoms. The Balaban J connectivity index is 1.90. The second-order valence-corrected chi connectivity index (χ2v) is 9.32. The van der Waals surface area contributed by atoms with Crippen LogP contribution in [0.2, 0.25) is 0 Å². The lowest BCUT2D eigenvalue weighted by molar-refractivity contribution is -0.0967. The number of piperidine rings is 2. The number of rotatable bonds is 1. The summed E-state index contributed by atoms with van der Waals surface area (Å²) < 4.78 is 5.65. The van der Waals surface area contributed by atoms with E-state index in [4.69, 9.17) is 4.74 Å². The Morgan fingerprint density at radius 1 is 1.08 bits per heavy atom. The molecule has 144 valence electrons. The Hall–Kier alpha value is -1.55. The van der Waals surface area contributed by atoms with Crippen LogP contribution in [0, 0.1) is 20.8 Å². The topological polar surface area (TPSA) is 49.8 Å². The molecule has 0 radical (unpaired) electrons. The largest absolute Gasteiger partial charge is 0.444 e. The first-order valence-corrected chi connectivity index (χ1v) is 9.82. The van der Waals surface area contributed by atoms with E-state index in [9.17, 15) is 9.90 Å². The Bertz CT molecular complexity index is 690. The van der Waals surface area contributed by atoms with Crippen molar-refractivity contribution < 1.29 is 14.6 Å². The predicted octanol–water partition coefficient (Wildman–Crippen LogP) is 4.75. The average molecular weight is 360 g/mol. The van der Waals surface area contributed by atoms with Crippen molar-refractivity contribution >= 4 is 6.09 Å². The number of amides is 1. The number of nitrogens with zero attached hydrogens (tertiary/aromatic N) is 1. The summed E-state index contributed by atoms with van der Waals surface area (Å²) in [5.74, 6) is 0. The van der Waals surface area contributed by atoms with Crippen LogP contribution >= 0.6 is 0 Å². The molecule has 4 heteroatoms. The number of aryl methyl sites for hydroxylation is 3. The lowest BCUT2D eigenvalue weighted by Crippen LogP contribution is -2.59. The van der Waals surface area contributed by atoms with Crippen LogP contribution in [0.5, 0.6) is 0 Å². The minimum absolute atomic E-state index is 0.0448. The molecule has 1 amide bonds. The fourth-order valence-corrected chi connectivity index (χ4v) is 4.72. The maximum absolute atomic E-state index is 12.8. The molecule has 2 heterocycles. The first-order valence-electron chi connectivity index (χ1n) is 9.82. The molecule has 2 saturated heterocycles. The van der Waals surface area contributed by atoms with Crippen LogP contribution in [0.25, 0.3) is 0 Å². The molecule has 0 spiro atoms. The molecule has 2 unspecified atom stereocenters. The minimum atomic E-state index is -0.864. The molecule has 0 aliphatic carbocycles. The highest BCUT2D eigenvalue weighted by molar-refractivity contribution is 5.69. The third-order valence-corrected chi connectivity index (χ3v) is 5.95. The highest BCUT2D eigenvalue weighted by Gasteiger charge is 2.49. The summed E-state index contributed by atoms with van der Waals surface area (Å²) in [6.45, 7) is 12.0. The number of carbonyl (C=O) groups excluding carboxylic acids is 1. The smallest absolute Gasteiger partial charge is 0.410 e. The Morgan fingerprint density at radius 2 is 1.62 bits per heavy atom. The van der Waals surface area contributed by atoms with E-state index in [1.165, 1.54) is 11.1 Å². The number of benzene rings is 1. The van der Waals surface area contributed by atoms with E-state index in [0.717, 1.165) is 30.4 Å². The normalized spacial score (nSPS) is 28.8. The average Bonchev–Trinajstić information content (AvgIpc) is 2.48. The van der Waals surface area contributed by atoms with Gasteiger partial charge in [0.15, 0.2) is 0 Å². The van der Waals surface area contributed by atoms with Gasteiger partial charge in [0.25, 0.3) is 0 Å². The van der Waals surface area contributed by atoms with Gasteiger partial charge in [-0.25, -0.2) is 4.79 Å². The molecular weight excluding hydrogens is 326 g/mol. The van der Waals surface area contributed by atoms with Gasteiger partial charge in [0.05, 0.1) is 5.60 Å². The Morgan fingerprint density at radius 3 is 2.15 bits per heavy atom. The van der Waals surface area contributed by atoms with Crippen LogP contribution in [-0.4, -0.2) is 33.8 Å². The van der Waals surface area contributed by atoms with E-state index in [1.807, 2.05) is 25.7 Å². The second-order valence-electron chi connectivity index (χ2n) is 9.32. The molecule has 3 rings (SSSR count). The zero-order valence-electron chi connectivity index (χ0n) is 17.1. The summed E-state index contributed by atoms with van der Waals surface area (Å²) in [6, 6.07) is 4.40. The molecule has 26 heavy (non-hydrogen) atoms. The number of ether oxygens (including phenoxy) is 1. The van der Waals surface area contributed by atoms with E-state index < -0.39 is 11.2 Å². The van der Waals surface area contributed by atoms with Crippen LogP contribution in [0.1, 0.15) is 75.1 Å². The highest BCUT2D eigenvalue weighted by atomic mass is 16.6. The standard InChI is InChI=1S/C22H33NO3/c1-14-10-16(3)19(11-15(14)2)22(25)12-17-8-7-9-18(13-22)23(17)20(24)26-21(4,5)6/h10-11,17-18,25H,7-9,12-13H2,1-6H3. The summed E-state index contributed by atoms with van der Waals surface area (Å²) in [6.07, 6.45) is 3.92. The monoisotopic (exact) mass is 359 g/mol. The lowest BCUT2D eigenvalue weighted by atomic mass is 9.71. The number of carbonyl (C=O) groups is 1. The fraction of sp³-hybridized carbons (Fsp3) is 0.682. The van der Waals surface area contributed by atoms with Gasteiger partial charge in [-0.2, -0.15) is 0 Å². The van der Waals surface area contributed by atoms with Gasteiger partial charge in [0, 0.05) is 24.9 Å². The quantitative estimate of drug-likeness (QED) is 0.787. The van der Waals surface area contributed by atoms with Gasteiger partial charge in [-0.3, -0.25) is 0 Å². The molecule has 1 aromatic rings. The van der Waals surface area contributed by atoms with Gasteiger partial charge in [-0.05, 0) is 83.1 Å². The highest BCUT2D eigenvalue weighted by Crippen LogP contribution is 2.46. The summed E-state index contributed by atoms with van der Waals surface area (Å²) >= 11 is 0. The summed E-state index contributed by atoms with van der Waals surface area (Å²) in [4.78, 5) is 14.7. The molecule has 0 saturated carbocycles. The third-order valence-electron chi connectivity index (χ3n) is 5.95.